The van der Waals surface area contributed by atoms with Crippen LogP contribution in [-0.4, -0.2) is 36.6 Å². The summed E-state index contributed by atoms with van der Waals surface area (Å²) >= 11 is 0. The Bertz CT molecular complexity index is 679. The van der Waals surface area contributed by atoms with E-state index in [2.05, 4.69) is 5.32 Å². The van der Waals surface area contributed by atoms with Crippen molar-refractivity contribution in [3.05, 3.63) is 29.3 Å². The van der Waals surface area contributed by atoms with Crippen LogP contribution in [0.25, 0.3) is 0 Å². The average Bonchev–Trinajstić information content (AvgIpc) is 2.36. The number of halogens is 3. The molecular formula is C11H12ClF2NO4S2. The Morgan fingerprint density at radius 1 is 1.38 bits per heavy atom. The van der Waals surface area contributed by atoms with Crippen LogP contribution in [0.5, 0.6) is 0 Å². The third kappa shape index (κ3) is 4.72. The summed E-state index contributed by atoms with van der Waals surface area (Å²) in [7, 11) is -0.595. The van der Waals surface area contributed by atoms with Gasteiger partial charge in [-0.3, -0.25) is 9.00 Å². The molecule has 1 atom stereocenters. The van der Waals surface area contributed by atoms with Gasteiger partial charge in [0.1, 0.15) is 16.3 Å². The SMILES string of the molecule is CCS(=O)CCNC(=O)c1c(F)ccc(S(=O)(=O)Cl)c1F. The summed E-state index contributed by atoms with van der Waals surface area (Å²) in [6.45, 7) is 1.63. The molecule has 1 amide bonds. The van der Waals surface area contributed by atoms with Gasteiger partial charge in [-0.25, -0.2) is 17.2 Å². The first-order chi connectivity index (χ1) is 9.68. The topological polar surface area (TPSA) is 80.3 Å². The molecule has 0 fully saturated rings. The quantitative estimate of drug-likeness (QED) is 0.778. The van der Waals surface area contributed by atoms with E-state index in [-0.39, 0.29) is 12.3 Å². The molecule has 5 nitrogen and oxygen atoms in total. The number of hydrogen-bond donors (Lipinski definition) is 1. The van der Waals surface area contributed by atoms with Crippen molar-refractivity contribution < 1.29 is 26.2 Å². The molecule has 10 heteroatoms. The molecule has 0 aliphatic carbocycles. The van der Waals surface area contributed by atoms with Crippen LogP contribution < -0.4 is 5.32 Å². The number of benzene rings is 1. The molecule has 0 aromatic heterocycles. The van der Waals surface area contributed by atoms with Gasteiger partial charge in [-0.05, 0) is 12.1 Å². The molecule has 1 N–H and O–H groups in total. The van der Waals surface area contributed by atoms with Crippen LogP contribution in [0.15, 0.2) is 17.0 Å². The number of carbonyl (C=O) groups is 1. The molecular weight excluding hydrogens is 348 g/mol. The van der Waals surface area contributed by atoms with Crippen molar-refractivity contribution in [3.8, 4) is 0 Å². The summed E-state index contributed by atoms with van der Waals surface area (Å²) in [5.41, 5.74) is -1.04. The van der Waals surface area contributed by atoms with E-state index in [1.807, 2.05) is 0 Å². The van der Waals surface area contributed by atoms with E-state index >= 15 is 0 Å². The fraction of sp³-hybridized carbons (Fsp3) is 0.364. The highest BCUT2D eigenvalue weighted by Gasteiger charge is 2.25. The smallest absolute Gasteiger partial charge is 0.264 e. The van der Waals surface area contributed by atoms with E-state index in [0.29, 0.717) is 17.9 Å². The summed E-state index contributed by atoms with van der Waals surface area (Å²) in [4.78, 5) is 10.7. The van der Waals surface area contributed by atoms with Crippen LogP contribution in [0, 0.1) is 11.6 Å². The second kappa shape index (κ2) is 7.28. The number of hydrogen-bond acceptors (Lipinski definition) is 4. The molecule has 0 aliphatic rings. The molecule has 0 saturated carbocycles. The van der Waals surface area contributed by atoms with Gasteiger partial charge in [-0.2, -0.15) is 0 Å². The van der Waals surface area contributed by atoms with Crippen LogP contribution in [0.2, 0.25) is 0 Å². The van der Waals surface area contributed by atoms with Crippen molar-refractivity contribution in [1.82, 2.24) is 5.32 Å². The standard InChI is InChI=1S/C11H12ClF2NO4S2/c1-2-20(17)6-5-15-11(16)9-7(13)3-4-8(10(9)14)21(12,18)19/h3-4H,2,5-6H2,1H3,(H,15,16). The van der Waals surface area contributed by atoms with Gasteiger partial charge in [0, 0.05) is 39.5 Å². The maximum absolute atomic E-state index is 13.9. The van der Waals surface area contributed by atoms with Crippen molar-refractivity contribution in [2.45, 2.75) is 11.8 Å². The number of nitrogens with one attached hydrogen (secondary N) is 1. The van der Waals surface area contributed by atoms with Crippen molar-refractivity contribution in [2.75, 3.05) is 18.1 Å². The first kappa shape index (κ1) is 18.0. The number of rotatable bonds is 6. The molecule has 118 valence electrons. The Balaban J connectivity index is 3.02. The van der Waals surface area contributed by atoms with Crippen LogP contribution in [-0.2, 0) is 19.9 Å². The van der Waals surface area contributed by atoms with Gasteiger partial charge in [0.15, 0.2) is 5.82 Å². The summed E-state index contributed by atoms with van der Waals surface area (Å²) in [6, 6.07) is 1.27. The Kier molecular flexibility index (Phi) is 6.24. The van der Waals surface area contributed by atoms with Crippen molar-refractivity contribution >= 4 is 36.4 Å². The molecule has 1 aromatic rings. The maximum Gasteiger partial charge on any atom is 0.264 e. The molecule has 0 saturated heterocycles. The van der Waals surface area contributed by atoms with E-state index < -0.39 is 47.9 Å². The Morgan fingerprint density at radius 3 is 2.52 bits per heavy atom. The molecule has 1 aromatic carbocycles. The number of amides is 1. The van der Waals surface area contributed by atoms with Gasteiger partial charge >= 0.3 is 0 Å². The van der Waals surface area contributed by atoms with Gasteiger partial charge in [0.05, 0.1) is 0 Å². The van der Waals surface area contributed by atoms with Gasteiger partial charge < -0.3 is 5.32 Å². The summed E-state index contributed by atoms with van der Waals surface area (Å²) in [5, 5.41) is 2.17. The zero-order valence-corrected chi connectivity index (χ0v) is 13.2. The van der Waals surface area contributed by atoms with Gasteiger partial charge in [0.25, 0.3) is 15.0 Å². The highest BCUT2D eigenvalue weighted by Crippen LogP contribution is 2.23. The Morgan fingerprint density at radius 2 is 2.00 bits per heavy atom. The molecule has 0 aliphatic heterocycles. The third-order valence-electron chi connectivity index (χ3n) is 2.48. The van der Waals surface area contributed by atoms with Gasteiger partial charge in [0.2, 0.25) is 0 Å². The summed E-state index contributed by atoms with van der Waals surface area (Å²) in [5.74, 6) is -3.40. The Hall–Kier alpha value is -1.06. The molecule has 0 spiro atoms. The zero-order valence-electron chi connectivity index (χ0n) is 10.9. The predicted molar refractivity (Wildman–Crippen MR) is 75.3 cm³/mol. The summed E-state index contributed by atoms with van der Waals surface area (Å²) < 4.78 is 60.8. The predicted octanol–water partition coefficient (Wildman–Crippen LogP) is 1.39. The van der Waals surface area contributed by atoms with Crippen LogP contribution in [0.3, 0.4) is 0 Å². The van der Waals surface area contributed by atoms with E-state index in [1.54, 1.807) is 6.92 Å². The third-order valence-corrected chi connectivity index (χ3v) is 5.13. The second-order valence-corrected chi connectivity index (χ2v) is 8.26. The normalized spacial score (nSPS) is 13.0. The lowest BCUT2D eigenvalue weighted by atomic mass is 10.2. The zero-order chi connectivity index (χ0) is 16.2. The minimum absolute atomic E-state index is 0.0595. The molecule has 0 bridgehead atoms. The maximum atomic E-state index is 13.9. The molecule has 1 unspecified atom stereocenters. The van der Waals surface area contributed by atoms with Crippen molar-refractivity contribution in [1.29, 1.82) is 0 Å². The first-order valence-corrected chi connectivity index (χ1v) is 9.54. The lowest BCUT2D eigenvalue weighted by Crippen LogP contribution is -2.30. The van der Waals surface area contributed by atoms with E-state index in [0.717, 1.165) is 0 Å². The summed E-state index contributed by atoms with van der Waals surface area (Å²) in [6.07, 6.45) is 0. The fourth-order valence-corrected chi connectivity index (χ4v) is 2.96. The first-order valence-electron chi connectivity index (χ1n) is 5.74. The van der Waals surface area contributed by atoms with Crippen LogP contribution in [0.1, 0.15) is 17.3 Å². The monoisotopic (exact) mass is 359 g/mol. The highest BCUT2D eigenvalue weighted by atomic mass is 35.7. The van der Waals surface area contributed by atoms with Crippen LogP contribution in [0.4, 0.5) is 8.78 Å². The molecule has 21 heavy (non-hydrogen) atoms. The fourth-order valence-electron chi connectivity index (χ4n) is 1.44. The molecule has 0 radical (unpaired) electrons. The second-order valence-electron chi connectivity index (χ2n) is 3.86. The Labute approximate surface area is 127 Å². The lowest BCUT2D eigenvalue weighted by Gasteiger charge is -2.08. The molecule has 0 heterocycles. The minimum atomic E-state index is -4.44. The van der Waals surface area contributed by atoms with E-state index in [4.69, 9.17) is 10.7 Å². The van der Waals surface area contributed by atoms with Gasteiger partial charge in [-0.15, -0.1) is 0 Å². The lowest BCUT2D eigenvalue weighted by molar-refractivity contribution is 0.0947. The van der Waals surface area contributed by atoms with E-state index in [1.165, 1.54) is 0 Å². The largest absolute Gasteiger partial charge is 0.351 e. The van der Waals surface area contributed by atoms with E-state index in [9.17, 15) is 26.2 Å². The average molecular weight is 360 g/mol. The van der Waals surface area contributed by atoms with Crippen molar-refractivity contribution in [2.24, 2.45) is 0 Å². The molecule has 1 rings (SSSR count). The van der Waals surface area contributed by atoms with Gasteiger partial charge in [-0.1, -0.05) is 6.92 Å². The van der Waals surface area contributed by atoms with Crippen molar-refractivity contribution in [3.63, 3.8) is 0 Å². The number of carbonyl (C=O) groups excluding carboxylic acids is 1. The van der Waals surface area contributed by atoms with Crippen LogP contribution >= 0.6 is 10.7 Å². The minimum Gasteiger partial charge on any atom is -0.351 e. The highest BCUT2D eigenvalue weighted by molar-refractivity contribution is 8.13.